The number of hydrogen-bond acceptors (Lipinski definition) is 4. The number of carbonyl (C=O) groups is 2. The lowest BCUT2D eigenvalue weighted by atomic mass is 9.93. The minimum Gasteiger partial charge on any atom is -0.339 e. The van der Waals surface area contributed by atoms with Gasteiger partial charge in [0.15, 0.2) is 0 Å². The third kappa shape index (κ3) is 5.81. The predicted octanol–water partition coefficient (Wildman–Crippen LogP) is 5.64. The Hall–Kier alpha value is -2.94. The summed E-state index contributed by atoms with van der Waals surface area (Å²) in [6.45, 7) is 4.83. The fourth-order valence-corrected chi connectivity index (χ4v) is 6.42. The molecular weight excluding hydrogens is 511 g/mol. The van der Waals surface area contributed by atoms with Crippen molar-refractivity contribution in [3.05, 3.63) is 86.8 Å². The van der Waals surface area contributed by atoms with E-state index in [2.05, 4.69) is 21.7 Å². The minimum absolute atomic E-state index is 0.0514. The Morgan fingerprint density at radius 3 is 2.73 bits per heavy atom. The number of carbonyl (C=O) groups excluding carboxylic acids is 2. The fraction of sp³-hybridized carbons (Fsp3) is 0.357. The summed E-state index contributed by atoms with van der Waals surface area (Å²) >= 11 is 7.77. The van der Waals surface area contributed by atoms with Gasteiger partial charge in [0, 0.05) is 60.8 Å². The average Bonchev–Trinajstić information content (AvgIpc) is 3.35. The van der Waals surface area contributed by atoms with Crippen LogP contribution in [0.3, 0.4) is 0 Å². The van der Waals surface area contributed by atoms with E-state index in [9.17, 15) is 14.0 Å². The van der Waals surface area contributed by atoms with E-state index in [0.29, 0.717) is 43.3 Å². The number of urea groups is 1. The third-order valence-corrected chi connectivity index (χ3v) is 8.39. The molecule has 1 fully saturated rings. The zero-order valence-electron chi connectivity index (χ0n) is 20.7. The summed E-state index contributed by atoms with van der Waals surface area (Å²) in [5, 5.41) is 5.54. The number of piperazine rings is 1. The van der Waals surface area contributed by atoms with Gasteiger partial charge in [0.25, 0.3) is 0 Å². The van der Waals surface area contributed by atoms with Crippen molar-refractivity contribution in [2.24, 2.45) is 0 Å². The van der Waals surface area contributed by atoms with E-state index in [0.717, 1.165) is 18.5 Å². The first-order valence-corrected chi connectivity index (χ1v) is 13.8. The molecule has 5 rings (SSSR count). The summed E-state index contributed by atoms with van der Waals surface area (Å²) in [5.41, 5.74) is 2.77. The number of anilines is 1. The number of nitrogens with zero attached hydrogens (tertiary/aromatic N) is 3. The third-order valence-electron chi connectivity index (χ3n) is 7.16. The molecule has 0 bridgehead atoms. The van der Waals surface area contributed by atoms with Crippen molar-refractivity contribution in [3.63, 3.8) is 0 Å². The molecule has 3 aromatic rings. The fourth-order valence-electron chi connectivity index (χ4n) is 5.32. The molecule has 3 heterocycles. The van der Waals surface area contributed by atoms with Crippen LogP contribution in [0.25, 0.3) is 0 Å². The SMILES string of the molecule is C[C@H]1CN(C(=O)CCN2CCc3sccc3[C@@H]2c2cccc(F)c2)CCN1C(=O)Nc1cccc(Cl)c1. The lowest BCUT2D eigenvalue weighted by Gasteiger charge is -2.40. The topological polar surface area (TPSA) is 55.9 Å². The van der Waals surface area contributed by atoms with Gasteiger partial charge in [-0.15, -0.1) is 11.3 Å². The highest BCUT2D eigenvalue weighted by atomic mass is 35.5. The lowest BCUT2D eigenvalue weighted by molar-refractivity contribution is -0.134. The van der Waals surface area contributed by atoms with Crippen LogP contribution in [0, 0.1) is 5.82 Å². The second kappa shape index (κ2) is 11.2. The Bertz CT molecular complexity index is 1280. The normalized spacial score (nSPS) is 20.0. The quantitative estimate of drug-likeness (QED) is 0.455. The molecule has 3 amide bonds. The molecule has 6 nitrogen and oxygen atoms in total. The number of fused-ring (bicyclic) bond motifs is 1. The monoisotopic (exact) mass is 540 g/mol. The van der Waals surface area contributed by atoms with Gasteiger partial charge in [-0.3, -0.25) is 9.69 Å². The first kappa shape index (κ1) is 25.7. The van der Waals surface area contributed by atoms with E-state index in [1.54, 1.807) is 52.6 Å². The molecule has 9 heteroatoms. The maximum Gasteiger partial charge on any atom is 0.322 e. The molecule has 194 valence electrons. The highest BCUT2D eigenvalue weighted by molar-refractivity contribution is 7.10. The van der Waals surface area contributed by atoms with Crippen LogP contribution in [0.4, 0.5) is 14.9 Å². The highest BCUT2D eigenvalue weighted by Gasteiger charge is 2.32. The first-order valence-electron chi connectivity index (χ1n) is 12.6. The molecule has 2 aliphatic rings. The maximum absolute atomic E-state index is 14.1. The smallest absolute Gasteiger partial charge is 0.322 e. The van der Waals surface area contributed by atoms with Gasteiger partial charge in [-0.1, -0.05) is 29.8 Å². The Balaban J connectivity index is 1.19. The maximum atomic E-state index is 14.1. The second-order valence-electron chi connectivity index (χ2n) is 9.62. The predicted molar refractivity (Wildman–Crippen MR) is 146 cm³/mol. The van der Waals surface area contributed by atoms with Gasteiger partial charge < -0.3 is 15.1 Å². The van der Waals surface area contributed by atoms with E-state index in [1.165, 1.54) is 16.5 Å². The number of thiophene rings is 1. The van der Waals surface area contributed by atoms with Crippen molar-refractivity contribution in [2.45, 2.75) is 31.8 Å². The average molecular weight is 541 g/mol. The van der Waals surface area contributed by atoms with Crippen molar-refractivity contribution in [3.8, 4) is 0 Å². The molecule has 37 heavy (non-hydrogen) atoms. The number of rotatable bonds is 5. The van der Waals surface area contributed by atoms with Crippen molar-refractivity contribution in [2.75, 3.05) is 38.0 Å². The number of nitrogens with one attached hydrogen (secondary N) is 1. The van der Waals surface area contributed by atoms with Crippen LogP contribution in [-0.2, 0) is 11.2 Å². The van der Waals surface area contributed by atoms with E-state index in [1.807, 2.05) is 17.9 Å². The Morgan fingerprint density at radius 2 is 1.95 bits per heavy atom. The molecule has 2 aliphatic heterocycles. The Labute approximate surface area is 225 Å². The van der Waals surface area contributed by atoms with Crippen molar-refractivity contribution < 1.29 is 14.0 Å². The molecule has 0 unspecified atom stereocenters. The zero-order chi connectivity index (χ0) is 25.9. The van der Waals surface area contributed by atoms with Crippen LogP contribution in [0.1, 0.15) is 35.4 Å². The number of hydrogen-bond donors (Lipinski definition) is 1. The van der Waals surface area contributed by atoms with Crippen molar-refractivity contribution >= 4 is 40.6 Å². The molecule has 1 aromatic heterocycles. The second-order valence-corrected chi connectivity index (χ2v) is 11.1. The van der Waals surface area contributed by atoms with E-state index >= 15 is 0 Å². The number of benzene rings is 2. The molecule has 0 aliphatic carbocycles. The van der Waals surface area contributed by atoms with Crippen molar-refractivity contribution in [1.82, 2.24) is 14.7 Å². The van der Waals surface area contributed by atoms with Gasteiger partial charge in [0.1, 0.15) is 5.82 Å². The van der Waals surface area contributed by atoms with Gasteiger partial charge in [0.05, 0.1) is 6.04 Å². The highest BCUT2D eigenvalue weighted by Crippen LogP contribution is 2.38. The summed E-state index contributed by atoms with van der Waals surface area (Å²) in [5.74, 6) is -0.169. The van der Waals surface area contributed by atoms with Crippen LogP contribution < -0.4 is 5.32 Å². The number of halogens is 2. The Morgan fingerprint density at radius 1 is 1.11 bits per heavy atom. The minimum atomic E-state index is -0.248. The zero-order valence-corrected chi connectivity index (χ0v) is 22.3. The largest absolute Gasteiger partial charge is 0.339 e. The van der Waals surface area contributed by atoms with Gasteiger partial charge >= 0.3 is 6.03 Å². The van der Waals surface area contributed by atoms with Crippen LogP contribution >= 0.6 is 22.9 Å². The summed E-state index contributed by atoms with van der Waals surface area (Å²) < 4.78 is 14.1. The molecule has 1 N–H and O–H groups in total. The molecule has 2 atom stereocenters. The van der Waals surface area contributed by atoms with Crippen LogP contribution in [0.5, 0.6) is 0 Å². The Kier molecular flexibility index (Phi) is 7.79. The van der Waals surface area contributed by atoms with Gasteiger partial charge in [-0.05, 0) is 66.2 Å². The molecule has 0 spiro atoms. The summed E-state index contributed by atoms with van der Waals surface area (Å²) in [4.78, 5) is 33.2. The van der Waals surface area contributed by atoms with Gasteiger partial charge in [0.2, 0.25) is 5.91 Å². The van der Waals surface area contributed by atoms with Crippen LogP contribution in [-0.4, -0.2) is 65.4 Å². The summed E-state index contributed by atoms with van der Waals surface area (Å²) in [6.07, 6.45) is 1.32. The van der Waals surface area contributed by atoms with Gasteiger partial charge in [-0.2, -0.15) is 0 Å². The first-order chi connectivity index (χ1) is 17.9. The summed E-state index contributed by atoms with van der Waals surface area (Å²) in [7, 11) is 0. The van der Waals surface area contributed by atoms with E-state index in [-0.39, 0.29) is 29.8 Å². The van der Waals surface area contributed by atoms with E-state index in [4.69, 9.17) is 11.6 Å². The summed E-state index contributed by atoms with van der Waals surface area (Å²) in [6, 6.07) is 15.6. The van der Waals surface area contributed by atoms with Gasteiger partial charge in [-0.25, -0.2) is 9.18 Å². The van der Waals surface area contributed by atoms with Crippen LogP contribution in [0.15, 0.2) is 60.0 Å². The van der Waals surface area contributed by atoms with E-state index < -0.39 is 0 Å². The molecule has 0 saturated carbocycles. The lowest BCUT2D eigenvalue weighted by Crippen LogP contribution is -2.56. The molecular formula is C28H30ClFN4O2S. The van der Waals surface area contributed by atoms with Crippen LogP contribution in [0.2, 0.25) is 5.02 Å². The molecule has 0 radical (unpaired) electrons. The molecule has 1 saturated heterocycles. The number of amides is 3. The van der Waals surface area contributed by atoms with Crippen molar-refractivity contribution in [1.29, 1.82) is 0 Å². The molecule has 2 aromatic carbocycles. The standard InChI is InChI=1S/C28H30ClFN4O2S/c1-19-18-33(13-14-34(19)28(36)31-23-7-3-5-21(29)17-23)26(35)9-12-32-11-8-25-24(10-15-37-25)27(32)20-4-2-6-22(30)16-20/h2-7,10,15-17,19,27H,8-9,11-14,18H2,1H3,(H,31,36)/t19-,27-/m0/s1.